The Balaban J connectivity index is 2.67. The second-order valence-electron chi connectivity index (χ2n) is 4.70. The van der Waals surface area contributed by atoms with Crippen LogP contribution in [0.25, 0.3) is 0 Å². The maximum atomic E-state index is 12.1. The molecule has 0 bridgehead atoms. The quantitative estimate of drug-likeness (QED) is 0.710. The highest BCUT2D eigenvalue weighted by Gasteiger charge is 2.15. The number of carbonyl (C=O) groups is 1. The first-order chi connectivity index (χ1) is 9.60. The van der Waals surface area contributed by atoms with E-state index in [0.717, 1.165) is 6.42 Å². The number of anilines is 1. The molecule has 6 nitrogen and oxygen atoms in total. The summed E-state index contributed by atoms with van der Waals surface area (Å²) in [6, 6.07) is 0. The molecule has 0 spiro atoms. The fourth-order valence-corrected chi connectivity index (χ4v) is 1.63. The van der Waals surface area contributed by atoms with E-state index in [1.54, 1.807) is 13.2 Å². The lowest BCUT2D eigenvalue weighted by molar-refractivity contribution is 0.0939. The van der Waals surface area contributed by atoms with E-state index in [1.165, 1.54) is 0 Å². The fourth-order valence-electron chi connectivity index (χ4n) is 1.63. The minimum atomic E-state index is -0.185. The average Bonchev–Trinajstić information content (AvgIpc) is 2.46. The molecule has 112 valence electrons. The van der Waals surface area contributed by atoms with Crippen molar-refractivity contribution in [1.29, 1.82) is 0 Å². The highest BCUT2D eigenvalue weighted by molar-refractivity contribution is 5.97. The van der Waals surface area contributed by atoms with Gasteiger partial charge in [0.2, 0.25) is 0 Å². The normalized spacial score (nSPS) is 10.7. The van der Waals surface area contributed by atoms with Crippen LogP contribution < -0.4 is 10.6 Å². The molecule has 0 aliphatic carbocycles. The Bertz CT molecular complexity index is 435. The molecular formula is C14H24N4O2. The van der Waals surface area contributed by atoms with Crippen LogP contribution in [0.2, 0.25) is 0 Å². The van der Waals surface area contributed by atoms with Crippen LogP contribution in [-0.2, 0) is 4.74 Å². The topological polar surface area (TPSA) is 76.1 Å². The van der Waals surface area contributed by atoms with Crippen LogP contribution in [0.15, 0.2) is 6.20 Å². The van der Waals surface area contributed by atoms with Crippen LogP contribution in [0.4, 0.5) is 5.69 Å². The highest BCUT2D eigenvalue weighted by atomic mass is 16.5. The SMILES string of the molecule is CCOCCCNC(=O)c1nc(C(C)C)ncc1NC. The molecule has 0 unspecified atom stereocenters. The number of rotatable bonds is 8. The first-order valence-electron chi connectivity index (χ1n) is 7.00. The van der Waals surface area contributed by atoms with Crippen LogP contribution in [0, 0.1) is 0 Å². The third-order valence-corrected chi connectivity index (χ3v) is 2.76. The Morgan fingerprint density at radius 3 is 2.80 bits per heavy atom. The molecule has 1 rings (SSSR count). The molecule has 6 heteroatoms. The predicted molar refractivity (Wildman–Crippen MR) is 79.1 cm³/mol. The number of carbonyl (C=O) groups excluding carboxylic acids is 1. The number of nitrogens with one attached hydrogen (secondary N) is 2. The third kappa shape index (κ3) is 4.77. The number of hydrogen-bond donors (Lipinski definition) is 2. The minimum Gasteiger partial charge on any atom is -0.385 e. The summed E-state index contributed by atoms with van der Waals surface area (Å²) in [4.78, 5) is 20.7. The maximum Gasteiger partial charge on any atom is 0.272 e. The Kier molecular flexibility index (Phi) is 6.93. The van der Waals surface area contributed by atoms with E-state index in [4.69, 9.17) is 4.74 Å². The van der Waals surface area contributed by atoms with Crippen LogP contribution in [0.5, 0.6) is 0 Å². The van der Waals surface area contributed by atoms with Gasteiger partial charge in [0.1, 0.15) is 5.82 Å². The summed E-state index contributed by atoms with van der Waals surface area (Å²) in [6.07, 6.45) is 2.44. The van der Waals surface area contributed by atoms with E-state index in [9.17, 15) is 4.79 Å². The summed E-state index contributed by atoms with van der Waals surface area (Å²) in [6.45, 7) is 7.86. The number of nitrogens with zero attached hydrogens (tertiary/aromatic N) is 2. The van der Waals surface area contributed by atoms with E-state index in [1.807, 2.05) is 20.8 Å². The predicted octanol–water partition coefficient (Wildman–Crippen LogP) is 1.80. The molecule has 0 fully saturated rings. The zero-order valence-corrected chi connectivity index (χ0v) is 12.7. The summed E-state index contributed by atoms with van der Waals surface area (Å²) in [7, 11) is 1.75. The van der Waals surface area contributed by atoms with Crippen LogP contribution in [0.3, 0.4) is 0 Å². The van der Waals surface area contributed by atoms with Crippen molar-refractivity contribution in [3.05, 3.63) is 17.7 Å². The molecule has 0 saturated carbocycles. The van der Waals surface area contributed by atoms with Crippen LogP contribution in [-0.4, -0.2) is 42.7 Å². The molecule has 0 aliphatic rings. The molecule has 0 aliphatic heterocycles. The van der Waals surface area contributed by atoms with Gasteiger partial charge in [-0.05, 0) is 13.3 Å². The molecule has 0 atom stereocenters. The molecule has 1 aromatic rings. The van der Waals surface area contributed by atoms with Crippen molar-refractivity contribution in [2.45, 2.75) is 33.1 Å². The highest BCUT2D eigenvalue weighted by Crippen LogP contribution is 2.15. The molecule has 20 heavy (non-hydrogen) atoms. The minimum absolute atomic E-state index is 0.185. The van der Waals surface area contributed by atoms with Crippen LogP contribution in [0.1, 0.15) is 49.4 Å². The van der Waals surface area contributed by atoms with Crippen molar-refractivity contribution in [2.75, 3.05) is 32.1 Å². The van der Waals surface area contributed by atoms with Crippen molar-refractivity contribution in [1.82, 2.24) is 15.3 Å². The summed E-state index contributed by atoms with van der Waals surface area (Å²) in [5.74, 6) is 0.670. The first kappa shape index (κ1) is 16.4. The van der Waals surface area contributed by atoms with Gasteiger partial charge < -0.3 is 15.4 Å². The second-order valence-corrected chi connectivity index (χ2v) is 4.70. The van der Waals surface area contributed by atoms with Crippen molar-refractivity contribution in [2.24, 2.45) is 0 Å². The van der Waals surface area contributed by atoms with Gasteiger partial charge in [0.05, 0.1) is 11.9 Å². The van der Waals surface area contributed by atoms with E-state index in [2.05, 4.69) is 20.6 Å². The maximum absolute atomic E-state index is 12.1. The zero-order valence-electron chi connectivity index (χ0n) is 12.7. The fraction of sp³-hybridized carbons (Fsp3) is 0.643. The second kappa shape index (κ2) is 8.47. The summed E-state index contributed by atoms with van der Waals surface area (Å²) in [5, 5.41) is 5.79. The van der Waals surface area contributed by atoms with E-state index in [0.29, 0.717) is 37.0 Å². The molecule has 1 aromatic heterocycles. The molecule has 0 aromatic carbocycles. The number of amides is 1. The summed E-state index contributed by atoms with van der Waals surface area (Å²) in [5.41, 5.74) is 1.03. The van der Waals surface area contributed by atoms with E-state index in [-0.39, 0.29) is 11.8 Å². The van der Waals surface area contributed by atoms with Crippen LogP contribution >= 0.6 is 0 Å². The Labute approximate surface area is 120 Å². The van der Waals surface area contributed by atoms with Gasteiger partial charge in [-0.25, -0.2) is 9.97 Å². The Morgan fingerprint density at radius 1 is 1.45 bits per heavy atom. The average molecular weight is 280 g/mol. The van der Waals surface area contributed by atoms with Crippen molar-refractivity contribution >= 4 is 11.6 Å². The van der Waals surface area contributed by atoms with Gasteiger partial charge >= 0.3 is 0 Å². The molecule has 1 amide bonds. The van der Waals surface area contributed by atoms with E-state index >= 15 is 0 Å². The molecular weight excluding hydrogens is 256 g/mol. The van der Waals surface area contributed by atoms with E-state index < -0.39 is 0 Å². The molecule has 0 saturated heterocycles. The Morgan fingerprint density at radius 2 is 2.20 bits per heavy atom. The summed E-state index contributed by atoms with van der Waals surface area (Å²) < 4.78 is 5.23. The first-order valence-corrected chi connectivity index (χ1v) is 7.00. The lowest BCUT2D eigenvalue weighted by Gasteiger charge is -2.11. The van der Waals surface area contributed by atoms with Gasteiger partial charge in [-0.3, -0.25) is 4.79 Å². The lowest BCUT2D eigenvalue weighted by Crippen LogP contribution is -2.27. The Hall–Kier alpha value is -1.69. The number of hydrogen-bond acceptors (Lipinski definition) is 5. The standard InChI is InChI=1S/C14H24N4O2/c1-5-20-8-6-7-16-14(19)12-11(15-4)9-17-13(18-12)10(2)3/h9-10,15H,5-8H2,1-4H3,(H,16,19). The summed E-state index contributed by atoms with van der Waals surface area (Å²) >= 11 is 0. The van der Waals surface area contributed by atoms with Gasteiger partial charge in [0.25, 0.3) is 5.91 Å². The van der Waals surface area contributed by atoms with Gasteiger partial charge in [-0.2, -0.15) is 0 Å². The smallest absolute Gasteiger partial charge is 0.272 e. The third-order valence-electron chi connectivity index (χ3n) is 2.76. The van der Waals surface area contributed by atoms with Crippen molar-refractivity contribution in [3.8, 4) is 0 Å². The lowest BCUT2D eigenvalue weighted by atomic mass is 10.2. The largest absolute Gasteiger partial charge is 0.385 e. The monoisotopic (exact) mass is 280 g/mol. The van der Waals surface area contributed by atoms with Crippen molar-refractivity contribution in [3.63, 3.8) is 0 Å². The molecule has 2 N–H and O–H groups in total. The van der Waals surface area contributed by atoms with Gasteiger partial charge in [-0.1, -0.05) is 13.8 Å². The van der Waals surface area contributed by atoms with Gasteiger partial charge in [0, 0.05) is 32.7 Å². The number of ether oxygens (including phenoxy) is 1. The molecule has 0 radical (unpaired) electrons. The molecule has 1 heterocycles. The van der Waals surface area contributed by atoms with Gasteiger partial charge in [0.15, 0.2) is 5.69 Å². The zero-order chi connectivity index (χ0) is 15.0. The number of aromatic nitrogens is 2. The van der Waals surface area contributed by atoms with Crippen molar-refractivity contribution < 1.29 is 9.53 Å². The van der Waals surface area contributed by atoms with Gasteiger partial charge in [-0.15, -0.1) is 0 Å².